The minimum absolute atomic E-state index is 0.385. The summed E-state index contributed by atoms with van der Waals surface area (Å²) in [5.74, 6) is 0. The largest absolute Gasteiger partial charge is 0.386 e. The van der Waals surface area contributed by atoms with Crippen molar-refractivity contribution in [3.8, 4) is 0 Å². The zero-order valence-electron chi connectivity index (χ0n) is 11.9. The van der Waals surface area contributed by atoms with Gasteiger partial charge in [-0.2, -0.15) is 0 Å². The first kappa shape index (κ1) is 15.6. The van der Waals surface area contributed by atoms with E-state index in [4.69, 9.17) is 0 Å². The van der Waals surface area contributed by atoms with E-state index in [9.17, 15) is 13.9 Å². The number of aliphatic hydroxyl groups is 1. The molecule has 0 aliphatic heterocycles. The summed E-state index contributed by atoms with van der Waals surface area (Å²) >= 11 is 0. The molecule has 0 amide bonds. The van der Waals surface area contributed by atoms with Crippen molar-refractivity contribution < 1.29 is 13.9 Å². The van der Waals surface area contributed by atoms with E-state index in [-0.39, 0.29) is 6.54 Å². The molecule has 2 nitrogen and oxygen atoms in total. The molecule has 0 saturated heterocycles. The topological polar surface area (TPSA) is 23.5 Å². The first-order valence-corrected chi connectivity index (χ1v) is 6.86. The maximum absolute atomic E-state index is 12.7. The third kappa shape index (κ3) is 4.09. The summed E-state index contributed by atoms with van der Waals surface area (Å²) in [6.45, 7) is -0.385. The van der Waals surface area contributed by atoms with E-state index >= 15 is 0 Å². The zero-order valence-corrected chi connectivity index (χ0v) is 11.9. The Labute approximate surface area is 123 Å². The summed E-state index contributed by atoms with van der Waals surface area (Å²) in [6, 6.07) is 17.8. The van der Waals surface area contributed by atoms with Crippen molar-refractivity contribution in [2.45, 2.75) is 18.6 Å². The highest BCUT2D eigenvalue weighted by Crippen LogP contribution is 2.33. The van der Waals surface area contributed by atoms with Gasteiger partial charge in [-0.05, 0) is 18.2 Å². The van der Waals surface area contributed by atoms with Crippen LogP contribution in [0.1, 0.15) is 23.3 Å². The number of alkyl halides is 2. The molecule has 0 aromatic heterocycles. The van der Waals surface area contributed by atoms with E-state index in [1.165, 1.54) is 4.90 Å². The highest BCUT2D eigenvalue weighted by atomic mass is 19.3. The molecule has 0 aliphatic rings. The number of aliphatic hydroxyl groups excluding tert-OH is 1. The van der Waals surface area contributed by atoms with Gasteiger partial charge in [0.15, 0.2) is 0 Å². The molecular formula is C17H19F2NO. The first-order valence-electron chi connectivity index (χ1n) is 6.86. The number of rotatable bonds is 6. The molecule has 0 aliphatic carbocycles. The predicted molar refractivity (Wildman–Crippen MR) is 79.2 cm³/mol. The number of benzene rings is 2. The maximum atomic E-state index is 12.7. The van der Waals surface area contributed by atoms with Crippen molar-refractivity contribution in [1.82, 2.24) is 4.90 Å². The summed E-state index contributed by atoms with van der Waals surface area (Å²) in [5.41, 5.74) is 1.53. The standard InChI is InChI=1S/C17H19F2NO/c1-20(12-15(18)19)16(13-8-4-2-5-9-13)17(21)14-10-6-3-7-11-14/h2-11,15-17,21H,12H2,1H3. The van der Waals surface area contributed by atoms with E-state index in [1.54, 1.807) is 19.2 Å². The average molecular weight is 291 g/mol. The minimum atomic E-state index is -2.44. The van der Waals surface area contributed by atoms with Crippen LogP contribution in [-0.4, -0.2) is 30.0 Å². The van der Waals surface area contributed by atoms with E-state index < -0.39 is 18.6 Å². The van der Waals surface area contributed by atoms with Gasteiger partial charge in [0, 0.05) is 0 Å². The maximum Gasteiger partial charge on any atom is 0.251 e. The molecule has 112 valence electrons. The Morgan fingerprint density at radius 1 is 0.905 bits per heavy atom. The van der Waals surface area contributed by atoms with Crippen LogP contribution in [-0.2, 0) is 0 Å². The van der Waals surface area contributed by atoms with E-state index in [0.717, 1.165) is 5.56 Å². The van der Waals surface area contributed by atoms with Crippen LogP contribution in [0, 0.1) is 0 Å². The molecule has 1 N–H and O–H groups in total. The molecule has 0 bridgehead atoms. The van der Waals surface area contributed by atoms with Gasteiger partial charge < -0.3 is 5.11 Å². The zero-order chi connectivity index (χ0) is 15.2. The summed E-state index contributed by atoms with van der Waals surface area (Å²) in [6.07, 6.45) is -3.30. The Kier molecular flexibility index (Phi) is 5.42. The molecule has 0 fully saturated rings. The number of nitrogens with zero attached hydrogens (tertiary/aromatic N) is 1. The Morgan fingerprint density at radius 2 is 1.38 bits per heavy atom. The van der Waals surface area contributed by atoms with E-state index in [1.807, 2.05) is 48.5 Å². The normalized spacial score (nSPS) is 14.4. The summed E-state index contributed by atoms with van der Waals surface area (Å²) in [4.78, 5) is 1.50. The molecule has 2 aromatic rings. The lowest BCUT2D eigenvalue weighted by molar-refractivity contribution is 0.0227. The van der Waals surface area contributed by atoms with Crippen molar-refractivity contribution in [3.63, 3.8) is 0 Å². The highest BCUT2D eigenvalue weighted by Gasteiger charge is 2.28. The minimum Gasteiger partial charge on any atom is -0.386 e. The molecule has 2 unspecified atom stereocenters. The molecule has 2 rings (SSSR count). The van der Waals surface area contributed by atoms with Crippen LogP contribution in [0.5, 0.6) is 0 Å². The smallest absolute Gasteiger partial charge is 0.251 e. The van der Waals surface area contributed by atoms with Gasteiger partial charge in [0.1, 0.15) is 0 Å². The van der Waals surface area contributed by atoms with Gasteiger partial charge >= 0.3 is 0 Å². The fourth-order valence-corrected chi connectivity index (χ4v) is 2.49. The van der Waals surface area contributed by atoms with Gasteiger partial charge in [-0.25, -0.2) is 8.78 Å². The van der Waals surface area contributed by atoms with Crippen molar-refractivity contribution in [1.29, 1.82) is 0 Å². The number of hydrogen-bond donors (Lipinski definition) is 1. The molecule has 0 heterocycles. The molecule has 0 saturated carbocycles. The Bertz CT molecular complexity index is 533. The second-order valence-corrected chi connectivity index (χ2v) is 5.04. The quantitative estimate of drug-likeness (QED) is 0.878. The third-order valence-electron chi connectivity index (χ3n) is 3.48. The van der Waals surface area contributed by atoms with Crippen molar-refractivity contribution in [2.75, 3.05) is 13.6 Å². The first-order chi connectivity index (χ1) is 10.1. The second-order valence-electron chi connectivity index (χ2n) is 5.04. The van der Waals surface area contributed by atoms with Crippen LogP contribution in [0.2, 0.25) is 0 Å². The van der Waals surface area contributed by atoms with E-state index in [2.05, 4.69) is 0 Å². The molecule has 2 atom stereocenters. The van der Waals surface area contributed by atoms with Gasteiger partial charge in [0.2, 0.25) is 0 Å². The third-order valence-corrected chi connectivity index (χ3v) is 3.48. The lowest BCUT2D eigenvalue weighted by atomic mass is 9.94. The Hall–Kier alpha value is -1.78. The SMILES string of the molecule is CN(CC(F)F)C(c1ccccc1)C(O)c1ccccc1. The molecule has 2 aromatic carbocycles. The van der Waals surface area contributed by atoms with Crippen LogP contribution in [0.3, 0.4) is 0 Å². The van der Waals surface area contributed by atoms with Crippen LogP contribution < -0.4 is 0 Å². The summed E-state index contributed by atoms with van der Waals surface area (Å²) < 4.78 is 25.4. The van der Waals surface area contributed by atoms with Gasteiger partial charge in [-0.1, -0.05) is 60.7 Å². The van der Waals surface area contributed by atoms with Gasteiger partial charge in [0.25, 0.3) is 6.43 Å². The van der Waals surface area contributed by atoms with Crippen molar-refractivity contribution >= 4 is 0 Å². The predicted octanol–water partition coefficient (Wildman–Crippen LogP) is 3.66. The second kappa shape index (κ2) is 7.29. The Balaban J connectivity index is 2.32. The molecule has 0 spiro atoms. The number of likely N-dealkylation sites (N-methyl/N-ethyl adjacent to an activating group) is 1. The molecule has 0 radical (unpaired) electrons. The monoisotopic (exact) mass is 291 g/mol. The van der Waals surface area contributed by atoms with Crippen molar-refractivity contribution in [2.24, 2.45) is 0 Å². The van der Waals surface area contributed by atoms with Crippen LogP contribution >= 0.6 is 0 Å². The van der Waals surface area contributed by atoms with E-state index in [0.29, 0.717) is 5.56 Å². The van der Waals surface area contributed by atoms with Crippen LogP contribution in [0.4, 0.5) is 8.78 Å². The number of halogens is 2. The number of hydrogen-bond acceptors (Lipinski definition) is 2. The lowest BCUT2D eigenvalue weighted by Gasteiger charge is -2.32. The average Bonchev–Trinajstić information content (AvgIpc) is 2.48. The van der Waals surface area contributed by atoms with Crippen molar-refractivity contribution in [3.05, 3.63) is 71.8 Å². The Morgan fingerprint density at radius 3 is 1.86 bits per heavy atom. The van der Waals surface area contributed by atoms with Gasteiger partial charge in [-0.15, -0.1) is 0 Å². The van der Waals surface area contributed by atoms with Crippen LogP contribution in [0.25, 0.3) is 0 Å². The van der Waals surface area contributed by atoms with Gasteiger partial charge in [0.05, 0.1) is 18.7 Å². The highest BCUT2D eigenvalue weighted by molar-refractivity contribution is 5.26. The van der Waals surface area contributed by atoms with Crippen LogP contribution in [0.15, 0.2) is 60.7 Å². The summed E-state index contributed by atoms with van der Waals surface area (Å²) in [7, 11) is 1.61. The molecular weight excluding hydrogens is 272 g/mol. The fourth-order valence-electron chi connectivity index (χ4n) is 2.49. The summed E-state index contributed by atoms with van der Waals surface area (Å²) in [5, 5.41) is 10.6. The van der Waals surface area contributed by atoms with Gasteiger partial charge in [-0.3, -0.25) is 4.90 Å². The molecule has 21 heavy (non-hydrogen) atoms. The molecule has 4 heteroatoms. The lowest BCUT2D eigenvalue weighted by Crippen LogP contribution is -2.33. The fraction of sp³-hybridized carbons (Fsp3) is 0.294.